The van der Waals surface area contributed by atoms with Crippen LogP contribution in [-0.4, -0.2) is 44.9 Å². The molecule has 3 amide bonds. The summed E-state index contributed by atoms with van der Waals surface area (Å²) in [6.45, 7) is 0.511. The molecule has 5 rings (SSSR count). The molecular formula is C38H39N5O5. The number of rotatable bonds is 16. The third kappa shape index (κ3) is 10.1. The Kier molecular flexibility index (Phi) is 11.9. The molecule has 0 saturated carbocycles. The number of nitrogens with zero attached hydrogens (tertiary/aromatic N) is 2. The normalized spacial score (nSPS) is 12.0. The van der Waals surface area contributed by atoms with Crippen LogP contribution in [-0.2, 0) is 46.9 Å². The first-order chi connectivity index (χ1) is 23.4. The number of carbonyl (C=O) groups excluding carboxylic acids is 3. The SMILES string of the molecule is NC(=O)[C@H](CCc1ccccc1)N(Cc1ccc(OCc2ccccc2)cc1)C(=O)C(Cc1cnc[nH]1)NC(=O)OCc1ccccc1. The van der Waals surface area contributed by atoms with Crippen LogP contribution in [0.2, 0.25) is 0 Å². The third-order valence-corrected chi connectivity index (χ3v) is 7.84. The van der Waals surface area contributed by atoms with Gasteiger partial charge in [0.15, 0.2) is 0 Å². The smallest absolute Gasteiger partial charge is 0.408 e. The lowest BCUT2D eigenvalue weighted by Crippen LogP contribution is -2.55. The van der Waals surface area contributed by atoms with Gasteiger partial charge in [0.1, 0.15) is 31.0 Å². The predicted molar refractivity (Wildman–Crippen MR) is 181 cm³/mol. The number of aryl methyl sites for hydroxylation is 1. The number of amides is 3. The van der Waals surface area contributed by atoms with E-state index in [1.165, 1.54) is 11.2 Å². The van der Waals surface area contributed by atoms with Gasteiger partial charge in [-0.15, -0.1) is 0 Å². The van der Waals surface area contributed by atoms with Crippen molar-refractivity contribution < 1.29 is 23.9 Å². The number of alkyl carbamates (subject to hydrolysis) is 1. The molecule has 1 heterocycles. The second-order valence-corrected chi connectivity index (χ2v) is 11.4. The number of nitrogens with one attached hydrogen (secondary N) is 2. The van der Waals surface area contributed by atoms with Crippen molar-refractivity contribution in [2.45, 2.75) is 51.1 Å². The molecule has 1 aromatic heterocycles. The molecule has 4 N–H and O–H groups in total. The van der Waals surface area contributed by atoms with Gasteiger partial charge < -0.3 is 30.4 Å². The van der Waals surface area contributed by atoms with Crippen molar-refractivity contribution in [2.75, 3.05) is 0 Å². The van der Waals surface area contributed by atoms with E-state index in [0.717, 1.165) is 22.3 Å². The topological polar surface area (TPSA) is 140 Å². The standard InChI is InChI=1S/C38H39N5O5/c39-36(44)35(21-18-28-10-4-1-5-11-28)43(24-29-16-19-33(20-17-29)47-25-30-12-6-2-7-13-30)37(45)34(22-32-23-40-27-41-32)42-38(46)48-26-31-14-8-3-9-15-31/h1-17,19-20,23,27,34-35H,18,21-22,24-26H2,(H2,39,44)(H,40,41)(H,42,46)/t34?,35-/m0/s1. The van der Waals surface area contributed by atoms with Gasteiger partial charge in [-0.2, -0.15) is 0 Å². The Bertz CT molecular complexity index is 1720. The molecular weight excluding hydrogens is 606 g/mol. The average Bonchev–Trinajstić information content (AvgIpc) is 3.64. The fourth-order valence-corrected chi connectivity index (χ4v) is 5.29. The third-order valence-electron chi connectivity index (χ3n) is 7.84. The van der Waals surface area contributed by atoms with Crippen LogP contribution < -0.4 is 15.8 Å². The molecule has 0 aliphatic heterocycles. The molecule has 2 atom stereocenters. The summed E-state index contributed by atoms with van der Waals surface area (Å²) in [5, 5.41) is 2.73. The highest BCUT2D eigenvalue weighted by Crippen LogP contribution is 2.20. The lowest BCUT2D eigenvalue weighted by atomic mass is 10.0. The number of hydrogen-bond donors (Lipinski definition) is 3. The summed E-state index contributed by atoms with van der Waals surface area (Å²) < 4.78 is 11.4. The van der Waals surface area contributed by atoms with E-state index in [1.807, 2.05) is 115 Å². The fourth-order valence-electron chi connectivity index (χ4n) is 5.29. The van der Waals surface area contributed by atoms with Crippen LogP contribution >= 0.6 is 0 Å². The maximum atomic E-state index is 14.5. The second kappa shape index (κ2) is 17.1. The van der Waals surface area contributed by atoms with Crippen molar-refractivity contribution in [1.82, 2.24) is 20.2 Å². The zero-order valence-corrected chi connectivity index (χ0v) is 26.5. The molecule has 246 valence electrons. The summed E-state index contributed by atoms with van der Waals surface area (Å²) in [4.78, 5) is 49.0. The molecule has 0 bridgehead atoms. The Balaban J connectivity index is 1.37. The fraction of sp³-hybridized carbons (Fsp3) is 0.211. The summed E-state index contributed by atoms with van der Waals surface area (Å²) in [5.41, 5.74) is 10.2. The average molecular weight is 646 g/mol. The summed E-state index contributed by atoms with van der Waals surface area (Å²) in [6, 6.07) is 34.1. The highest BCUT2D eigenvalue weighted by molar-refractivity contribution is 5.91. The molecule has 0 aliphatic carbocycles. The highest BCUT2D eigenvalue weighted by atomic mass is 16.5. The van der Waals surface area contributed by atoms with E-state index in [4.69, 9.17) is 15.2 Å². The molecule has 0 fully saturated rings. The van der Waals surface area contributed by atoms with Crippen LogP contribution in [0.15, 0.2) is 128 Å². The van der Waals surface area contributed by atoms with E-state index in [0.29, 0.717) is 30.9 Å². The minimum atomic E-state index is -1.08. The first-order valence-electron chi connectivity index (χ1n) is 15.8. The van der Waals surface area contributed by atoms with E-state index in [-0.39, 0.29) is 19.6 Å². The van der Waals surface area contributed by atoms with Gasteiger partial charge in [-0.1, -0.05) is 103 Å². The first kappa shape index (κ1) is 33.5. The van der Waals surface area contributed by atoms with Crippen LogP contribution in [0.3, 0.4) is 0 Å². The number of aromatic nitrogens is 2. The zero-order chi connectivity index (χ0) is 33.6. The number of primary amides is 1. The lowest BCUT2D eigenvalue weighted by molar-refractivity contribution is -0.142. The predicted octanol–water partition coefficient (Wildman–Crippen LogP) is 5.34. The second-order valence-electron chi connectivity index (χ2n) is 11.4. The van der Waals surface area contributed by atoms with Gasteiger partial charge in [-0.3, -0.25) is 9.59 Å². The minimum Gasteiger partial charge on any atom is -0.489 e. The van der Waals surface area contributed by atoms with Crippen LogP contribution in [0.25, 0.3) is 0 Å². The molecule has 10 nitrogen and oxygen atoms in total. The summed E-state index contributed by atoms with van der Waals surface area (Å²) in [6.07, 6.45) is 3.20. The van der Waals surface area contributed by atoms with Crippen LogP contribution in [0.1, 0.15) is 34.4 Å². The number of nitrogens with two attached hydrogens (primary N) is 1. The molecule has 0 spiro atoms. The van der Waals surface area contributed by atoms with Gasteiger partial charge in [-0.05, 0) is 47.2 Å². The Morgan fingerprint density at radius 2 is 1.38 bits per heavy atom. The Hall–Kier alpha value is -5.90. The Labute approximate surface area is 279 Å². The number of aromatic amines is 1. The maximum absolute atomic E-state index is 14.5. The number of H-pyrrole nitrogens is 1. The first-order valence-corrected chi connectivity index (χ1v) is 15.8. The van der Waals surface area contributed by atoms with Gasteiger partial charge in [-0.25, -0.2) is 9.78 Å². The van der Waals surface area contributed by atoms with Crippen molar-refractivity contribution in [3.8, 4) is 5.75 Å². The van der Waals surface area contributed by atoms with E-state index in [2.05, 4.69) is 15.3 Å². The van der Waals surface area contributed by atoms with Crippen LogP contribution in [0.4, 0.5) is 4.79 Å². The molecule has 0 radical (unpaired) electrons. The van der Waals surface area contributed by atoms with Crippen molar-refractivity contribution in [2.24, 2.45) is 5.73 Å². The number of carbonyl (C=O) groups is 3. The number of ether oxygens (including phenoxy) is 2. The summed E-state index contributed by atoms with van der Waals surface area (Å²) >= 11 is 0. The number of benzene rings is 4. The van der Waals surface area contributed by atoms with Gasteiger partial charge in [0, 0.05) is 24.9 Å². The van der Waals surface area contributed by atoms with Crippen molar-refractivity contribution in [3.63, 3.8) is 0 Å². The van der Waals surface area contributed by atoms with E-state index in [1.54, 1.807) is 6.20 Å². The van der Waals surface area contributed by atoms with E-state index >= 15 is 0 Å². The minimum absolute atomic E-state index is 0.0288. The van der Waals surface area contributed by atoms with Crippen molar-refractivity contribution >= 4 is 17.9 Å². The molecule has 48 heavy (non-hydrogen) atoms. The molecule has 4 aromatic carbocycles. The quantitative estimate of drug-likeness (QED) is 0.132. The zero-order valence-electron chi connectivity index (χ0n) is 26.5. The lowest BCUT2D eigenvalue weighted by Gasteiger charge is -2.33. The van der Waals surface area contributed by atoms with Gasteiger partial charge in [0.25, 0.3) is 0 Å². The van der Waals surface area contributed by atoms with Crippen molar-refractivity contribution in [3.05, 3.63) is 156 Å². The van der Waals surface area contributed by atoms with Gasteiger partial charge in [0.2, 0.25) is 11.8 Å². The molecule has 10 heteroatoms. The van der Waals surface area contributed by atoms with Gasteiger partial charge in [0.05, 0.1) is 6.33 Å². The largest absolute Gasteiger partial charge is 0.489 e. The van der Waals surface area contributed by atoms with Crippen molar-refractivity contribution in [1.29, 1.82) is 0 Å². The van der Waals surface area contributed by atoms with Gasteiger partial charge >= 0.3 is 6.09 Å². The van der Waals surface area contributed by atoms with E-state index in [9.17, 15) is 14.4 Å². The monoisotopic (exact) mass is 645 g/mol. The Morgan fingerprint density at radius 3 is 1.96 bits per heavy atom. The number of imidazole rings is 1. The summed E-state index contributed by atoms with van der Waals surface area (Å²) in [5.74, 6) is -0.465. The molecule has 0 saturated heterocycles. The molecule has 5 aromatic rings. The van der Waals surface area contributed by atoms with Crippen LogP contribution in [0, 0.1) is 0 Å². The molecule has 1 unspecified atom stereocenters. The Morgan fingerprint density at radius 1 is 0.771 bits per heavy atom. The highest BCUT2D eigenvalue weighted by Gasteiger charge is 2.34. The summed E-state index contributed by atoms with van der Waals surface area (Å²) in [7, 11) is 0. The maximum Gasteiger partial charge on any atom is 0.408 e. The molecule has 0 aliphatic rings. The van der Waals surface area contributed by atoms with Crippen LogP contribution in [0.5, 0.6) is 5.75 Å². The number of hydrogen-bond acceptors (Lipinski definition) is 6. The van der Waals surface area contributed by atoms with E-state index < -0.39 is 30.0 Å².